The van der Waals surface area contributed by atoms with E-state index in [4.69, 9.17) is 11.6 Å². The molecule has 0 amide bonds. The third-order valence-electron chi connectivity index (χ3n) is 3.20. The molecule has 1 nitrogen and oxygen atoms in total. The van der Waals surface area contributed by atoms with E-state index in [1.807, 2.05) is 24.4 Å². The minimum Gasteiger partial charge on any atom is -0.256 e. The quantitative estimate of drug-likeness (QED) is 0.593. The summed E-state index contributed by atoms with van der Waals surface area (Å²) < 4.78 is 0. The molecular weight excluding hydrogens is 254 g/mol. The van der Waals surface area contributed by atoms with Gasteiger partial charge in [0, 0.05) is 22.2 Å². The molecule has 0 fully saturated rings. The minimum atomic E-state index is 0.755. The van der Waals surface area contributed by atoms with E-state index in [9.17, 15) is 0 Å². The number of benzene rings is 2. The molecule has 94 valence electrons. The molecule has 0 aliphatic carbocycles. The van der Waals surface area contributed by atoms with Crippen molar-refractivity contribution in [1.82, 2.24) is 4.98 Å². The Morgan fingerprint density at radius 2 is 1.58 bits per heavy atom. The first-order chi connectivity index (χ1) is 9.11. The number of fused-ring (bicyclic) bond motifs is 1. The van der Waals surface area contributed by atoms with Crippen LogP contribution in [0.15, 0.2) is 48.7 Å². The fourth-order valence-electron chi connectivity index (χ4n) is 2.39. The molecule has 2 heteroatoms. The first-order valence-corrected chi connectivity index (χ1v) is 6.63. The summed E-state index contributed by atoms with van der Waals surface area (Å²) in [6, 6.07) is 14.4. The van der Waals surface area contributed by atoms with Gasteiger partial charge in [-0.25, -0.2) is 0 Å². The van der Waals surface area contributed by atoms with Gasteiger partial charge in [0.25, 0.3) is 0 Å². The van der Waals surface area contributed by atoms with Gasteiger partial charge in [-0.3, -0.25) is 4.98 Å². The summed E-state index contributed by atoms with van der Waals surface area (Å²) >= 11 is 6.05. The number of rotatable bonds is 1. The van der Waals surface area contributed by atoms with Gasteiger partial charge in [0.1, 0.15) is 0 Å². The van der Waals surface area contributed by atoms with Gasteiger partial charge in [-0.2, -0.15) is 0 Å². The Labute approximate surface area is 117 Å². The first kappa shape index (κ1) is 12.2. The van der Waals surface area contributed by atoms with Crippen LogP contribution in [0.3, 0.4) is 0 Å². The Hall–Kier alpha value is -1.86. The SMILES string of the molecule is Cc1cc(C)cc(-c2cc3cc(Cl)ccc3cn2)c1. The lowest BCUT2D eigenvalue weighted by molar-refractivity contribution is 1.32. The van der Waals surface area contributed by atoms with E-state index in [1.165, 1.54) is 11.1 Å². The number of nitrogens with zero attached hydrogens (tertiary/aromatic N) is 1. The largest absolute Gasteiger partial charge is 0.256 e. The molecule has 3 aromatic rings. The molecule has 0 unspecified atom stereocenters. The second-order valence-electron chi connectivity index (χ2n) is 4.94. The Balaban J connectivity index is 2.19. The number of hydrogen-bond acceptors (Lipinski definition) is 1. The van der Waals surface area contributed by atoms with Crippen molar-refractivity contribution in [3.8, 4) is 11.3 Å². The fraction of sp³-hybridized carbons (Fsp3) is 0.118. The van der Waals surface area contributed by atoms with Gasteiger partial charge in [-0.15, -0.1) is 0 Å². The topological polar surface area (TPSA) is 12.9 Å². The molecule has 0 radical (unpaired) electrons. The summed E-state index contributed by atoms with van der Waals surface area (Å²) in [6.07, 6.45) is 1.90. The van der Waals surface area contributed by atoms with Crippen LogP contribution in [0, 0.1) is 13.8 Å². The molecule has 3 rings (SSSR count). The van der Waals surface area contributed by atoms with Crippen molar-refractivity contribution >= 4 is 22.4 Å². The Morgan fingerprint density at radius 3 is 2.32 bits per heavy atom. The molecule has 0 N–H and O–H groups in total. The first-order valence-electron chi connectivity index (χ1n) is 6.26. The highest BCUT2D eigenvalue weighted by Crippen LogP contribution is 2.25. The third-order valence-corrected chi connectivity index (χ3v) is 3.44. The van der Waals surface area contributed by atoms with Crippen LogP contribution in [-0.2, 0) is 0 Å². The Bertz CT molecular complexity index is 742. The molecule has 1 heterocycles. The van der Waals surface area contributed by atoms with E-state index in [1.54, 1.807) is 0 Å². The Kier molecular flexibility index (Phi) is 3.00. The predicted molar refractivity (Wildman–Crippen MR) is 81.7 cm³/mol. The molecule has 0 bridgehead atoms. The van der Waals surface area contributed by atoms with Gasteiger partial charge in [-0.1, -0.05) is 34.9 Å². The minimum absolute atomic E-state index is 0.755. The van der Waals surface area contributed by atoms with Gasteiger partial charge in [0.05, 0.1) is 5.69 Å². The van der Waals surface area contributed by atoms with E-state index in [0.717, 1.165) is 27.1 Å². The van der Waals surface area contributed by atoms with Crippen LogP contribution in [0.5, 0.6) is 0 Å². The molecule has 0 atom stereocenters. The maximum absolute atomic E-state index is 6.05. The van der Waals surface area contributed by atoms with Crippen molar-refractivity contribution in [3.63, 3.8) is 0 Å². The molecule has 0 aliphatic rings. The van der Waals surface area contributed by atoms with Crippen molar-refractivity contribution in [2.45, 2.75) is 13.8 Å². The summed E-state index contributed by atoms with van der Waals surface area (Å²) in [4.78, 5) is 4.55. The maximum atomic E-state index is 6.05. The predicted octanol–water partition coefficient (Wildman–Crippen LogP) is 5.17. The second-order valence-corrected chi connectivity index (χ2v) is 5.37. The van der Waals surface area contributed by atoms with Gasteiger partial charge in [-0.05, 0) is 49.6 Å². The molecule has 2 aromatic carbocycles. The standard InChI is InChI=1S/C17H14ClN/c1-11-5-12(2)7-15(6-11)17-9-14-8-16(18)4-3-13(14)10-19-17/h3-10H,1-2H3. The van der Waals surface area contributed by atoms with Crippen LogP contribution in [0.1, 0.15) is 11.1 Å². The highest BCUT2D eigenvalue weighted by molar-refractivity contribution is 6.31. The third kappa shape index (κ3) is 2.47. The number of aromatic nitrogens is 1. The molecule has 0 saturated heterocycles. The van der Waals surface area contributed by atoms with Crippen LogP contribution in [0.25, 0.3) is 22.0 Å². The summed E-state index contributed by atoms with van der Waals surface area (Å²) in [5, 5.41) is 2.99. The number of halogens is 1. The Morgan fingerprint density at radius 1 is 0.842 bits per heavy atom. The van der Waals surface area contributed by atoms with E-state index in [2.05, 4.69) is 43.1 Å². The van der Waals surface area contributed by atoms with Gasteiger partial charge in [0.15, 0.2) is 0 Å². The summed E-state index contributed by atoms with van der Waals surface area (Å²) in [6.45, 7) is 4.21. The van der Waals surface area contributed by atoms with Crippen molar-refractivity contribution < 1.29 is 0 Å². The summed E-state index contributed by atoms with van der Waals surface area (Å²) in [5.41, 5.74) is 4.65. The zero-order valence-corrected chi connectivity index (χ0v) is 11.7. The van der Waals surface area contributed by atoms with E-state index < -0.39 is 0 Å². The van der Waals surface area contributed by atoms with Crippen LogP contribution >= 0.6 is 11.6 Å². The smallest absolute Gasteiger partial charge is 0.0708 e. The lowest BCUT2D eigenvalue weighted by atomic mass is 10.0. The van der Waals surface area contributed by atoms with E-state index in [-0.39, 0.29) is 0 Å². The van der Waals surface area contributed by atoms with E-state index >= 15 is 0 Å². The van der Waals surface area contributed by atoms with E-state index in [0.29, 0.717) is 0 Å². The average molecular weight is 268 g/mol. The lowest BCUT2D eigenvalue weighted by Gasteiger charge is -2.06. The van der Waals surface area contributed by atoms with Crippen LogP contribution in [0.2, 0.25) is 5.02 Å². The highest BCUT2D eigenvalue weighted by Gasteiger charge is 2.03. The van der Waals surface area contributed by atoms with Crippen LogP contribution in [-0.4, -0.2) is 4.98 Å². The van der Waals surface area contributed by atoms with Crippen LogP contribution in [0.4, 0.5) is 0 Å². The zero-order valence-electron chi connectivity index (χ0n) is 10.9. The average Bonchev–Trinajstić information content (AvgIpc) is 2.36. The molecule has 0 saturated carbocycles. The number of hydrogen-bond donors (Lipinski definition) is 0. The monoisotopic (exact) mass is 267 g/mol. The molecule has 19 heavy (non-hydrogen) atoms. The van der Waals surface area contributed by atoms with Crippen molar-refractivity contribution in [2.24, 2.45) is 0 Å². The maximum Gasteiger partial charge on any atom is 0.0708 e. The van der Waals surface area contributed by atoms with Crippen molar-refractivity contribution in [3.05, 3.63) is 64.8 Å². The molecule has 0 aliphatic heterocycles. The fourth-order valence-corrected chi connectivity index (χ4v) is 2.57. The summed E-state index contributed by atoms with van der Waals surface area (Å²) in [5.74, 6) is 0. The number of pyridine rings is 1. The normalized spacial score (nSPS) is 10.9. The lowest BCUT2D eigenvalue weighted by Crippen LogP contribution is -1.87. The van der Waals surface area contributed by atoms with Crippen molar-refractivity contribution in [2.75, 3.05) is 0 Å². The van der Waals surface area contributed by atoms with Crippen molar-refractivity contribution in [1.29, 1.82) is 0 Å². The van der Waals surface area contributed by atoms with Gasteiger partial charge >= 0.3 is 0 Å². The summed E-state index contributed by atoms with van der Waals surface area (Å²) in [7, 11) is 0. The van der Waals surface area contributed by atoms with Gasteiger partial charge in [0.2, 0.25) is 0 Å². The second kappa shape index (κ2) is 4.67. The zero-order chi connectivity index (χ0) is 13.4. The molecule has 0 spiro atoms. The molecular formula is C17H14ClN. The number of aryl methyl sites for hydroxylation is 2. The molecule has 1 aromatic heterocycles. The highest BCUT2D eigenvalue weighted by atomic mass is 35.5. The van der Waals surface area contributed by atoms with Crippen LogP contribution < -0.4 is 0 Å². The van der Waals surface area contributed by atoms with Gasteiger partial charge < -0.3 is 0 Å².